The maximum atomic E-state index is 12.1. The van der Waals surface area contributed by atoms with E-state index in [0.717, 1.165) is 6.42 Å². The molecule has 1 heterocycles. The van der Waals surface area contributed by atoms with E-state index in [2.05, 4.69) is 0 Å². The Hall–Kier alpha value is -0.610. The minimum Gasteiger partial charge on any atom is -0.393 e. The van der Waals surface area contributed by atoms with Crippen molar-refractivity contribution in [1.29, 1.82) is 0 Å². The van der Waals surface area contributed by atoms with Gasteiger partial charge >= 0.3 is 0 Å². The predicted molar refractivity (Wildman–Crippen MR) is 63.8 cm³/mol. The molecule has 1 fully saturated rings. The van der Waals surface area contributed by atoms with Crippen molar-refractivity contribution in [2.45, 2.75) is 45.8 Å². The third kappa shape index (κ3) is 2.95. The zero-order chi connectivity index (χ0) is 12.3. The minimum absolute atomic E-state index is 0.0353. The summed E-state index contributed by atoms with van der Waals surface area (Å²) in [7, 11) is 0. The van der Waals surface area contributed by atoms with E-state index in [1.165, 1.54) is 0 Å². The zero-order valence-corrected chi connectivity index (χ0v) is 10.5. The van der Waals surface area contributed by atoms with Crippen molar-refractivity contribution in [3.05, 3.63) is 0 Å². The molecule has 0 aromatic heterocycles. The number of aliphatic hydroxyl groups is 1. The number of likely N-dealkylation sites (tertiary alicyclic amines) is 1. The summed E-state index contributed by atoms with van der Waals surface area (Å²) in [5.74, 6) is 0.407. The third-order valence-electron chi connectivity index (χ3n) is 3.71. The Morgan fingerprint density at radius 3 is 2.75 bits per heavy atom. The summed E-state index contributed by atoms with van der Waals surface area (Å²) < 4.78 is 0. The number of nitrogens with zero attached hydrogens (tertiary/aromatic N) is 1. The van der Waals surface area contributed by atoms with Gasteiger partial charge in [-0.25, -0.2) is 0 Å². The highest BCUT2D eigenvalue weighted by molar-refractivity contribution is 5.82. The number of amides is 1. The van der Waals surface area contributed by atoms with Crippen LogP contribution in [0.1, 0.15) is 33.6 Å². The number of piperidine rings is 1. The molecule has 0 radical (unpaired) electrons. The molecule has 0 aromatic carbocycles. The fraction of sp³-hybridized carbons (Fsp3) is 0.917. The van der Waals surface area contributed by atoms with Gasteiger partial charge in [-0.1, -0.05) is 27.2 Å². The predicted octanol–water partition coefficient (Wildman–Crippen LogP) is 0.589. The van der Waals surface area contributed by atoms with Crippen LogP contribution in [0, 0.1) is 11.8 Å². The lowest BCUT2D eigenvalue weighted by molar-refractivity contribution is -0.137. The number of aliphatic hydroxyl groups excluding tert-OH is 1. The first kappa shape index (κ1) is 13.5. The largest absolute Gasteiger partial charge is 0.393 e. The topological polar surface area (TPSA) is 66.6 Å². The number of nitrogens with two attached hydrogens (primary N) is 1. The first-order chi connectivity index (χ1) is 7.47. The minimum atomic E-state index is -0.396. The van der Waals surface area contributed by atoms with Crippen molar-refractivity contribution in [1.82, 2.24) is 4.90 Å². The molecule has 2 unspecified atom stereocenters. The summed E-state index contributed by atoms with van der Waals surface area (Å²) in [5, 5.41) is 9.60. The van der Waals surface area contributed by atoms with Crippen LogP contribution in [0.25, 0.3) is 0 Å². The molecule has 0 spiro atoms. The van der Waals surface area contributed by atoms with E-state index in [0.29, 0.717) is 19.5 Å². The molecule has 1 saturated heterocycles. The molecule has 1 rings (SSSR count). The van der Waals surface area contributed by atoms with Crippen LogP contribution < -0.4 is 5.73 Å². The van der Waals surface area contributed by atoms with Gasteiger partial charge in [-0.3, -0.25) is 4.79 Å². The van der Waals surface area contributed by atoms with Gasteiger partial charge in [0.25, 0.3) is 0 Å². The van der Waals surface area contributed by atoms with Crippen LogP contribution >= 0.6 is 0 Å². The van der Waals surface area contributed by atoms with Crippen molar-refractivity contribution in [3.8, 4) is 0 Å². The van der Waals surface area contributed by atoms with Crippen LogP contribution in [0.5, 0.6) is 0 Å². The molecule has 4 atom stereocenters. The number of hydrogen-bond donors (Lipinski definition) is 2. The van der Waals surface area contributed by atoms with Crippen LogP contribution in [0.15, 0.2) is 0 Å². The van der Waals surface area contributed by atoms with Gasteiger partial charge in [-0.15, -0.1) is 0 Å². The SMILES string of the molecule is CC[C@H](C)[C@H](N)C(=O)N1CCC(O)C(C)C1. The quantitative estimate of drug-likeness (QED) is 0.743. The summed E-state index contributed by atoms with van der Waals surface area (Å²) in [4.78, 5) is 13.9. The maximum absolute atomic E-state index is 12.1. The summed E-state index contributed by atoms with van der Waals surface area (Å²) in [6.45, 7) is 7.28. The molecule has 1 aliphatic heterocycles. The van der Waals surface area contributed by atoms with Gasteiger partial charge < -0.3 is 15.7 Å². The van der Waals surface area contributed by atoms with Crippen LogP contribution in [0.3, 0.4) is 0 Å². The molecular formula is C12H24N2O2. The van der Waals surface area contributed by atoms with E-state index in [4.69, 9.17) is 5.73 Å². The molecule has 0 aliphatic carbocycles. The van der Waals surface area contributed by atoms with Crippen molar-refractivity contribution >= 4 is 5.91 Å². The van der Waals surface area contributed by atoms with Crippen molar-refractivity contribution in [2.24, 2.45) is 17.6 Å². The second kappa shape index (κ2) is 5.64. The summed E-state index contributed by atoms with van der Waals surface area (Å²) in [6.07, 6.45) is 1.31. The standard InChI is InChI=1S/C12H24N2O2/c1-4-8(2)11(13)12(16)14-6-5-10(15)9(3)7-14/h8-11,15H,4-7,13H2,1-3H3/t8-,9?,10?,11-/m0/s1. The average molecular weight is 228 g/mol. The van der Waals surface area contributed by atoms with E-state index in [-0.39, 0.29) is 23.8 Å². The Morgan fingerprint density at radius 1 is 1.62 bits per heavy atom. The number of rotatable bonds is 3. The van der Waals surface area contributed by atoms with Crippen LogP contribution in [0.4, 0.5) is 0 Å². The molecule has 16 heavy (non-hydrogen) atoms. The van der Waals surface area contributed by atoms with Gasteiger partial charge in [0, 0.05) is 13.1 Å². The van der Waals surface area contributed by atoms with Gasteiger partial charge in [0.1, 0.15) is 0 Å². The van der Waals surface area contributed by atoms with E-state index in [1.54, 1.807) is 4.90 Å². The normalized spacial score (nSPS) is 29.9. The second-order valence-corrected chi connectivity index (χ2v) is 5.03. The molecule has 0 bridgehead atoms. The van der Waals surface area contributed by atoms with Crippen LogP contribution in [0.2, 0.25) is 0 Å². The van der Waals surface area contributed by atoms with E-state index < -0.39 is 6.04 Å². The van der Waals surface area contributed by atoms with Gasteiger partial charge in [0.2, 0.25) is 5.91 Å². The Labute approximate surface area is 97.8 Å². The highest BCUT2D eigenvalue weighted by Gasteiger charge is 2.31. The van der Waals surface area contributed by atoms with Crippen LogP contribution in [-0.4, -0.2) is 41.1 Å². The number of carbonyl (C=O) groups excluding carboxylic acids is 1. The molecule has 0 aromatic rings. The van der Waals surface area contributed by atoms with Crippen molar-refractivity contribution in [3.63, 3.8) is 0 Å². The smallest absolute Gasteiger partial charge is 0.239 e. The maximum Gasteiger partial charge on any atom is 0.239 e. The molecule has 4 heteroatoms. The van der Waals surface area contributed by atoms with E-state index >= 15 is 0 Å². The fourth-order valence-electron chi connectivity index (χ4n) is 2.04. The summed E-state index contributed by atoms with van der Waals surface area (Å²) >= 11 is 0. The first-order valence-electron chi connectivity index (χ1n) is 6.19. The Morgan fingerprint density at radius 2 is 2.25 bits per heavy atom. The van der Waals surface area contributed by atoms with Gasteiger partial charge in [0.05, 0.1) is 12.1 Å². The van der Waals surface area contributed by atoms with Crippen molar-refractivity contribution in [2.75, 3.05) is 13.1 Å². The first-order valence-corrected chi connectivity index (χ1v) is 6.19. The van der Waals surface area contributed by atoms with E-state index in [9.17, 15) is 9.90 Å². The highest BCUT2D eigenvalue weighted by Crippen LogP contribution is 2.18. The van der Waals surface area contributed by atoms with E-state index in [1.807, 2.05) is 20.8 Å². The fourth-order valence-corrected chi connectivity index (χ4v) is 2.04. The Balaban J connectivity index is 2.55. The number of hydrogen-bond acceptors (Lipinski definition) is 3. The molecule has 0 saturated carbocycles. The highest BCUT2D eigenvalue weighted by atomic mass is 16.3. The molecule has 1 amide bonds. The molecular weight excluding hydrogens is 204 g/mol. The Bertz CT molecular complexity index is 245. The van der Waals surface area contributed by atoms with Crippen LogP contribution in [-0.2, 0) is 4.79 Å². The Kier molecular flexibility index (Phi) is 4.74. The molecule has 4 nitrogen and oxygen atoms in total. The van der Waals surface area contributed by atoms with Crippen molar-refractivity contribution < 1.29 is 9.90 Å². The molecule has 94 valence electrons. The summed E-state index contributed by atoms with van der Waals surface area (Å²) in [5.41, 5.74) is 5.93. The zero-order valence-electron chi connectivity index (χ0n) is 10.5. The lowest BCUT2D eigenvalue weighted by Gasteiger charge is -2.36. The third-order valence-corrected chi connectivity index (χ3v) is 3.71. The second-order valence-electron chi connectivity index (χ2n) is 5.03. The average Bonchev–Trinajstić information content (AvgIpc) is 2.29. The van der Waals surface area contributed by atoms with Gasteiger partial charge in [0.15, 0.2) is 0 Å². The van der Waals surface area contributed by atoms with Gasteiger partial charge in [-0.2, -0.15) is 0 Å². The molecule has 3 N–H and O–H groups in total. The van der Waals surface area contributed by atoms with Gasteiger partial charge in [-0.05, 0) is 18.3 Å². The lowest BCUT2D eigenvalue weighted by atomic mass is 9.94. The number of carbonyl (C=O) groups is 1. The monoisotopic (exact) mass is 228 g/mol. The lowest BCUT2D eigenvalue weighted by Crippen LogP contribution is -2.52. The summed E-state index contributed by atoms with van der Waals surface area (Å²) in [6, 6.07) is -0.396. The molecule has 1 aliphatic rings.